The second-order valence-corrected chi connectivity index (χ2v) is 3.57. The number of anilines is 1. The fraction of sp³-hybridized carbons (Fsp3) is 0.273. The molecule has 5 heteroatoms. The number of nitrogen functional groups attached to an aromatic ring is 1. The number of hydrogen-bond acceptors (Lipinski definition) is 4. The lowest BCUT2D eigenvalue weighted by Gasteiger charge is -2.06. The molecule has 0 aromatic carbocycles. The third-order valence-corrected chi connectivity index (χ3v) is 2.50. The number of nitrogens with zero attached hydrogens (tertiary/aromatic N) is 3. The van der Waals surface area contributed by atoms with Gasteiger partial charge >= 0.3 is 0 Å². The van der Waals surface area contributed by atoms with E-state index in [1.54, 1.807) is 29.2 Å². The maximum atomic E-state index is 5.72. The van der Waals surface area contributed by atoms with E-state index in [1.807, 2.05) is 14.0 Å². The molecule has 84 valence electrons. The molecule has 0 saturated carbocycles. The molecule has 2 N–H and O–H groups in total. The molecule has 0 fully saturated rings. The van der Waals surface area contributed by atoms with E-state index in [2.05, 4.69) is 10.1 Å². The quantitative estimate of drug-likeness (QED) is 0.842. The standard InChI is InChI=1S/C11H14N4O/c1-8-9(6-14-15(8)2)7-16-11-10(12)4-3-5-13-11/h3-6H,7,12H2,1-2H3. The molecule has 0 unspecified atom stereocenters. The van der Waals surface area contributed by atoms with Gasteiger partial charge in [0.2, 0.25) is 5.88 Å². The van der Waals surface area contributed by atoms with Crippen LogP contribution in [0.5, 0.6) is 5.88 Å². The van der Waals surface area contributed by atoms with Crippen LogP contribution in [0.2, 0.25) is 0 Å². The van der Waals surface area contributed by atoms with Crippen molar-refractivity contribution in [3.63, 3.8) is 0 Å². The third-order valence-electron chi connectivity index (χ3n) is 2.50. The Bertz CT molecular complexity index is 492. The van der Waals surface area contributed by atoms with E-state index in [0.29, 0.717) is 18.2 Å². The fourth-order valence-corrected chi connectivity index (χ4v) is 1.36. The van der Waals surface area contributed by atoms with Gasteiger partial charge in [-0.05, 0) is 19.1 Å². The molecule has 5 nitrogen and oxygen atoms in total. The number of pyridine rings is 1. The van der Waals surface area contributed by atoms with Crippen molar-refractivity contribution in [2.24, 2.45) is 7.05 Å². The highest BCUT2D eigenvalue weighted by Crippen LogP contribution is 2.18. The van der Waals surface area contributed by atoms with Crippen LogP contribution in [-0.4, -0.2) is 14.8 Å². The minimum atomic E-state index is 0.431. The summed E-state index contributed by atoms with van der Waals surface area (Å²) in [7, 11) is 1.90. The number of aryl methyl sites for hydroxylation is 1. The Morgan fingerprint density at radius 3 is 2.94 bits per heavy atom. The van der Waals surface area contributed by atoms with E-state index in [4.69, 9.17) is 10.5 Å². The summed E-state index contributed by atoms with van der Waals surface area (Å²) in [6, 6.07) is 3.54. The van der Waals surface area contributed by atoms with Crippen molar-refractivity contribution < 1.29 is 4.74 Å². The molecule has 2 aromatic heterocycles. The number of ether oxygens (including phenoxy) is 1. The first-order valence-electron chi connectivity index (χ1n) is 4.99. The number of rotatable bonds is 3. The molecule has 16 heavy (non-hydrogen) atoms. The lowest BCUT2D eigenvalue weighted by Crippen LogP contribution is -2.01. The summed E-state index contributed by atoms with van der Waals surface area (Å²) in [5.41, 5.74) is 8.38. The van der Waals surface area contributed by atoms with Crippen LogP contribution >= 0.6 is 0 Å². The SMILES string of the molecule is Cc1c(COc2ncccc2N)cnn1C. The predicted molar refractivity (Wildman–Crippen MR) is 60.9 cm³/mol. The number of aromatic nitrogens is 3. The van der Waals surface area contributed by atoms with E-state index < -0.39 is 0 Å². The molecule has 2 rings (SSSR count). The van der Waals surface area contributed by atoms with E-state index >= 15 is 0 Å². The molecule has 0 aliphatic heterocycles. The van der Waals surface area contributed by atoms with Crippen molar-refractivity contribution in [3.05, 3.63) is 35.8 Å². The zero-order valence-corrected chi connectivity index (χ0v) is 9.34. The lowest BCUT2D eigenvalue weighted by atomic mass is 10.3. The highest BCUT2D eigenvalue weighted by atomic mass is 16.5. The molecule has 0 radical (unpaired) electrons. The van der Waals surface area contributed by atoms with Gasteiger partial charge in [0.25, 0.3) is 0 Å². The van der Waals surface area contributed by atoms with Gasteiger partial charge in [-0.25, -0.2) is 4.98 Å². The molecule has 0 atom stereocenters. The minimum absolute atomic E-state index is 0.431. The van der Waals surface area contributed by atoms with Crippen molar-refractivity contribution in [2.45, 2.75) is 13.5 Å². The largest absolute Gasteiger partial charge is 0.471 e. The molecule has 0 saturated heterocycles. The van der Waals surface area contributed by atoms with Gasteiger partial charge < -0.3 is 10.5 Å². The van der Waals surface area contributed by atoms with Crippen LogP contribution in [0, 0.1) is 6.92 Å². The fourth-order valence-electron chi connectivity index (χ4n) is 1.36. The van der Waals surface area contributed by atoms with Crippen molar-refractivity contribution in [1.82, 2.24) is 14.8 Å². The van der Waals surface area contributed by atoms with Crippen molar-refractivity contribution in [2.75, 3.05) is 5.73 Å². The van der Waals surface area contributed by atoms with E-state index in [1.165, 1.54) is 0 Å². The van der Waals surface area contributed by atoms with Crippen LogP contribution in [-0.2, 0) is 13.7 Å². The summed E-state index contributed by atoms with van der Waals surface area (Å²) in [6.07, 6.45) is 3.44. The molecule has 0 aliphatic rings. The number of nitrogens with two attached hydrogens (primary N) is 1. The Balaban J connectivity index is 2.08. The van der Waals surface area contributed by atoms with E-state index in [9.17, 15) is 0 Å². The van der Waals surface area contributed by atoms with Crippen LogP contribution in [0.1, 0.15) is 11.3 Å². The Morgan fingerprint density at radius 1 is 1.50 bits per heavy atom. The summed E-state index contributed by atoms with van der Waals surface area (Å²) < 4.78 is 7.33. The maximum Gasteiger partial charge on any atom is 0.237 e. The minimum Gasteiger partial charge on any atom is -0.471 e. The molecule has 0 amide bonds. The van der Waals surface area contributed by atoms with Crippen LogP contribution in [0.3, 0.4) is 0 Å². The van der Waals surface area contributed by atoms with Crippen molar-refractivity contribution >= 4 is 5.69 Å². The Kier molecular flexibility index (Phi) is 2.76. The lowest BCUT2D eigenvalue weighted by molar-refractivity contribution is 0.295. The van der Waals surface area contributed by atoms with E-state index in [-0.39, 0.29) is 0 Å². The zero-order chi connectivity index (χ0) is 11.5. The average molecular weight is 218 g/mol. The summed E-state index contributed by atoms with van der Waals surface area (Å²) in [6.45, 7) is 2.42. The first-order valence-corrected chi connectivity index (χ1v) is 4.99. The van der Waals surface area contributed by atoms with Gasteiger partial charge in [0.15, 0.2) is 0 Å². The van der Waals surface area contributed by atoms with Gasteiger partial charge in [-0.1, -0.05) is 0 Å². The second-order valence-electron chi connectivity index (χ2n) is 3.57. The van der Waals surface area contributed by atoms with E-state index in [0.717, 1.165) is 11.3 Å². The van der Waals surface area contributed by atoms with Gasteiger partial charge in [0.05, 0.1) is 11.9 Å². The topological polar surface area (TPSA) is 66.0 Å². The van der Waals surface area contributed by atoms with Crippen molar-refractivity contribution in [1.29, 1.82) is 0 Å². The molecule has 0 aliphatic carbocycles. The molecule has 0 spiro atoms. The van der Waals surface area contributed by atoms with Crippen LogP contribution in [0.15, 0.2) is 24.5 Å². The van der Waals surface area contributed by atoms with Crippen LogP contribution < -0.4 is 10.5 Å². The second kappa shape index (κ2) is 4.22. The Labute approximate surface area is 93.9 Å². The Hall–Kier alpha value is -2.04. The predicted octanol–water partition coefficient (Wildman–Crippen LogP) is 1.28. The van der Waals surface area contributed by atoms with Crippen molar-refractivity contribution in [3.8, 4) is 5.88 Å². The monoisotopic (exact) mass is 218 g/mol. The highest BCUT2D eigenvalue weighted by molar-refractivity contribution is 5.46. The maximum absolute atomic E-state index is 5.72. The first-order chi connectivity index (χ1) is 7.68. The molecular formula is C11H14N4O. The smallest absolute Gasteiger partial charge is 0.237 e. The molecule has 0 bridgehead atoms. The molecule has 2 aromatic rings. The Morgan fingerprint density at radius 2 is 2.31 bits per heavy atom. The highest BCUT2D eigenvalue weighted by Gasteiger charge is 2.06. The van der Waals surface area contributed by atoms with Gasteiger partial charge in [-0.3, -0.25) is 4.68 Å². The van der Waals surface area contributed by atoms with Gasteiger partial charge in [0, 0.05) is 24.5 Å². The summed E-state index contributed by atoms with van der Waals surface area (Å²) in [4.78, 5) is 4.06. The number of hydrogen-bond donors (Lipinski definition) is 1. The summed E-state index contributed by atoms with van der Waals surface area (Å²) >= 11 is 0. The third kappa shape index (κ3) is 1.98. The summed E-state index contributed by atoms with van der Waals surface area (Å²) in [5, 5.41) is 4.14. The van der Waals surface area contributed by atoms with Crippen LogP contribution in [0.4, 0.5) is 5.69 Å². The normalized spacial score (nSPS) is 10.4. The first kappa shape index (κ1) is 10.5. The molecule has 2 heterocycles. The van der Waals surface area contributed by atoms with Crippen LogP contribution in [0.25, 0.3) is 0 Å². The van der Waals surface area contributed by atoms with Gasteiger partial charge in [0.1, 0.15) is 6.61 Å². The zero-order valence-electron chi connectivity index (χ0n) is 9.34. The summed E-state index contributed by atoms with van der Waals surface area (Å²) in [5.74, 6) is 0.464. The van der Waals surface area contributed by atoms with Gasteiger partial charge in [-0.2, -0.15) is 5.10 Å². The molecular weight excluding hydrogens is 204 g/mol. The average Bonchev–Trinajstić information content (AvgIpc) is 2.59. The van der Waals surface area contributed by atoms with Gasteiger partial charge in [-0.15, -0.1) is 0 Å².